The lowest BCUT2D eigenvalue weighted by molar-refractivity contribution is -0.138. The van der Waals surface area contributed by atoms with E-state index in [-0.39, 0.29) is 16.7 Å². The van der Waals surface area contributed by atoms with Gasteiger partial charge in [-0.2, -0.15) is 0 Å². The lowest BCUT2D eigenvalue weighted by Crippen LogP contribution is -2.57. The molecule has 2 rings (SSSR count). The van der Waals surface area contributed by atoms with E-state index in [4.69, 9.17) is 5.73 Å². The first kappa shape index (κ1) is 20.0. The van der Waals surface area contributed by atoms with Crippen LogP contribution in [-0.4, -0.2) is 69.6 Å². The van der Waals surface area contributed by atoms with E-state index >= 15 is 0 Å². The van der Waals surface area contributed by atoms with E-state index in [1.54, 1.807) is 11.8 Å². The van der Waals surface area contributed by atoms with Gasteiger partial charge in [-0.3, -0.25) is 19.7 Å². The van der Waals surface area contributed by atoms with Gasteiger partial charge in [0.2, 0.25) is 17.7 Å². The molecule has 9 heteroatoms. The molecule has 142 valence electrons. The third-order valence-corrected chi connectivity index (χ3v) is 6.03. The molecule has 1 unspecified atom stereocenters. The normalized spacial score (nSPS) is 28.8. The number of aliphatic hydroxyl groups is 1. The zero-order valence-electron chi connectivity index (χ0n) is 15.2. The second kappa shape index (κ2) is 7.13. The largest absolute Gasteiger partial charge is 0.391 e. The van der Waals surface area contributed by atoms with Gasteiger partial charge in [-0.1, -0.05) is 20.8 Å². The Labute approximate surface area is 152 Å². The predicted molar refractivity (Wildman–Crippen MR) is 95.6 cm³/mol. The van der Waals surface area contributed by atoms with E-state index in [9.17, 15) is 19.5 Å². The summed E-state index contributed by atoms with van der Waals surface area (Å²) in [6.07, 6.45) is -0.297. The summed E-state index contributed by atoms with van der Waals surface area (Å²) in [6.45, 7) is 8.29. The molecule has 2 aliphatic heterocycles. The molecule has 0 aromatic rings. The van der Waals surface area contributed by atoms with Crippen LogP contribution in [0.15, 0.2) is 0 Å². The monoisotopic (exact) mass is 372 g/mol. The number of nitrogens with zero attached hydrogens (tertiary/aromatic N) is 1. The summed E-state index contributed by atoms with van der Waals surface area (Å²) in [4.78, 5) is 37.7. The first-order valence-electron chi connectivity index (χ1n) is 8.44. The van der Waals surface area contributed by atoms with Gasteiger partial charge in [0.1, 0.15) is 6.04 Å². The molecule has 1 spiro atoms. The molecule has 0 aromatic carbocycles. The quantitative estimate of drug-likeness (QED) is 0.503. The number of rotatable bonds is 4. The molecule has 5 N–H and O–H groups in total. The van der Waals surface area contributed by atoms with Gasteiger partial charge in [0.05, 0.1) is 17.0 Å². The van der Waals surface area contributed by atoms with Gasteiger partial charge in [0, 0.05) is 24.3 Å². The molecule has 2 heterocycles. The van der Waals surface area contributed by atoms with Crippen molar-refractivity contribution in [3.05, 3.63) is 0 Å². The standard InChI is InChI=1S/C16H28N4O4S/c1-9(21)11(12(17)22)18-13(23)10-7-25-16(19-10)5-6-20(8-16)14(24)15(2,3)4/h9-11,19,21H,5-8H2,1-4H3,(H2,17,22)(H,18,23)/t9-,10+,11+,16?/m1/s1. The molecule has 8 nitrogen and oxygen atoms in total. The van der Waals surface area contributed by atoms with Crippen LogP contribution in [-0.2, 0) is 14.4 Å². The average molecular weight is 372 g/mol. The van der Waals surface area contributed by atoms with Crippen molar-refractivity contribution in [1.29, 1.82) is 0 Å². The molecule has 2 aliphatic rings. The van der Waals surface area contributed by atoms with Crippen LogP contribution in [0.5, 0.6) is 0 Å². The summed E-state index contributed by atoms with van der Waals surface area (Å²) in [5.41, 5.74) is 4.78. The number of thioether (sulfide) groups is 1. The van der Waals surface area contributed by atoms with E-state index in [1.165, 1.54) is 6.92 Å². The van der Waals surface area contributed by atoms with Crippen molar-refractivity contribution in [2.45, 2.75) is 57.2 Å². The van der Waals surface area contributed by atoms with Gasteiger partial charge >= 0.3 is 0 Å². The first-order valence-corrected chi connectivity index (χ1v) is 9.42. The molecular weight excluding hydrogens is 344 g/mol. The number of hydrogen-bond donors (Lipinski definition) is 4. The number of carbonyl (C=O) groups excluding carboxylic acids is 3. The van der Waals surface area contributed by atoms with E-state index in [1.807, 2.05) is 25.7 Å². The molecule has 2 fully saturated rings. The highest BCUT2D eigenvalue weighted by molar-refractivity contribution is 8.01. The van der Waals surface area contributed by atoms with Crippen LogP contribution in [0.1, 0.15) is 34.1 Å². The van der Waals surface area contributed by atoms with E-state index in [0.717, 1.165) is 6.42 Å². The lowest BCUT2D eigenvalue weighted by Gasteiger charge is -2.28. The molecule has 0 radical (unpaired) electrons. The third kappa shape index (κ3) is 4.45. The zero-order chi connectivity index (χ0) is 19.0. The summed E-state index contributed by atoms with van der Waals surface area (Å²) in [7, 11) is 0. The minimum absolute atomic E-state index is 0.0996. The van der Waals surface area contributed by atoms with Crippen molar-refractivity contribution in [2.75, 3.05) is 18.8 Å². The Balaban J connectivity index is 1.96. The summed E-state index contributed by atoms with van der Waals surface area (Å²) in [5, 5.41) is 15.4. The summed E-state index contributed by atoms with van der Waals surface area (Å²) in [6, 6.07) is -1.60. The minimum Gasteiger partial charge on any atom is -0.391 e. The van der Waals surface area contributed by atoms with Crippen LogP contribution in [0.3, 0.4) is 0 Å². The minimum atomic E-state index is -1.11. The maximum atomic E-state index is 12.4. The number of nitrogens with one attached hydrogen (secondary N) is 2. The van der Waals surface area contributed by atoms with Crippen LogP contribution in [0.25, 0.3) is 0 Å². The molecule has 0 bridgehead atoms. The summed E-state index contributed by atoms with van der Waals surface area (Å²) in [5.74, 6) is -0.502. The number of amides is 3. The van der Waals surface area contributed by atoms with Gasteiger partial charge in [-0.05, 0) is 13.3 Å². The Morgan fingerprint density at radius 1 is 1.40 bits per heavy atom. The molecule has 0 aromatic heterocycles. The van der Waals surface area contributed by atoms with E-state index < -0.39 is 29.5 Å². The number of aliphatic hydroxyl groups excluding tert-OH is 1. The molecule has 4 atom stereocenters. The number of primary amides is 1. The molecule has 25 heavy (non-hydrogen) atoms. The smallest absolute Gasteiger partial charge is 0.242 e. The SMILES string of the molecule is C[C@@H](O)[C@H](NC(=O)[C@@H]1CSC2(CCN(C(=O)C(C)(C)C)C2)N1)C(N)=O. The van der Waals surface area contributed by atoms with Crippen molar-refractivity contribution < 1.29 is 19.5 Å². The lowest BCUT2D eigenvalue weighted by atomic mass is 9.95. The van der Waals surface area contributed by atoms with Crippen LogP contribution in [0, 0.1) is 5.41 Å². The maximum Gasteiger partial charge on any atom is 0.242 e. The number of likely N-dealkylation sites (tertiary alicyclic amines) is 1. The highest BCUT2D eigenvalue weighted by Gasteiger charge is 2.48. The number of carbonyl (C=O) groups is 3. The van der Waals surface area contributed by atoms with Gasteiger partial charge in [-0.25, -0.2) is 0 Å². The summed E-state index contributed by atoms with van der Waals surface area (Å²) < 4.78 is 0. The second-order valence-corrected chi connectivity index (χ2v) is 9.26. The van der Waals surface area contributed by atoms with E-state index in [0.29, 0.717) is 18.8 Å². The maximum absolute atomic E-state index is 12.4. The Morgan fingerprint density at radius 2 is 2.04 bits per heavy atom. The highest BCUT2D eigenvalue weighted by atomic mass is 32.2. The summed E-state index contributed by atoms with van der Waals surface area (Å²) >= 11 is 1.62. The number of nitrogens with two attached hydrogens (primary N) is 1. The van der Waals surface area contributed by atoms with Crippen molar-refractivity contribution in [3.63, 3.8) is 0 Å². The van der Waals surface area contributed by atoms with Crippen LogP contribution in [0.4, 0.5) is 0 Å². The fourth-order valence-electron chi connectivity index (χ4n) is 3.13. The van der Waals surface area contributed by atoms with Crippen LogP contribution >= 0.6 is 11.8 Å². The highest BCUT2D eigenvalue weighted by Crippen LogP contribution is 2.39. The van der Waals surface area contributed by atoms with Crippen molar-refractivity contribution in [2.24, 2.45) is 11.1 Å². The molecular formula is C16H28N4O4S. The molecule has 2 saturated heterocycles. The molecule has 3 amide bonds. The van der Waals surface area contributed by atoms with Crippen molar-refractivity contribution >= 4 is 29.5 Å². The van der Waals surface area contributed by atoms with Gasteiger partial charge in [-0.15, -0.1) is 11.8 Å². The van der Waals surface area contributed by atoms with Gasteiger partial charge in [0.25, 0.3) is 0 Å². The topological polar surface area (TPSA) is 125 Å². The van der Waals surface area contributed by atoms with Crippen molar-refractivity contribution in [1.82, 2.24) is 15.5 Å². The van der Waals surface area contributed by atoms with Crippen LogP contribution < -0.4 is 16.4 Å². The molecule has 0 saturated carbocycles. The predicted octanol–water partition coefficient (Wildman–Crippen LogP) is -0.983. The van der Waals surface area contributed by atoms with Gasteiger partial charge < -0.3 is 21.1 Å². The fourth-order valence-corrected chi connectivity index (χ4v) is 4.56. The van der Waals surface area contributed by atoms with Crippen LogP contribution in [0.2, 0.25) is 0 Å². The zero-order valence-corrected chi connectivity index (χ0v) is 16.0. The van der Waals surface area contributed by atoms with E-state index in [2.05, 4.69) is 10.6 Å². The number of hydrogen-bond acceptors (Lipinski definition) is 6. The Hall–Kier alpha value is -1.32. The van der Waals surface area contributed by atoms with Crippen molar-refractivity contribution in [3.8, 4) is 0 Å². The Morgan fingerprint density at radius 3 is 2.56 bits per heavy atom. The Kier molecular flexibility index (Phi) is 5.70. The first-order chi connectivity index (χ1) is 11.4. The Bertz CT molecular complexity index is 563. The fraction of sp³-hybridized carbons (Fsp3) is 0.812. The average Bonchev–Trinajstić information content (AvgIpc) is 3.10. The third-order valence-electron chi connectivity index (χ3n) is 4.53. The molecule has 0 aliphatic carbocycles. The van der Waals surface area contributed by atoms with Gasteiger partial charge in [0.15, 0.2) is 0 Å². The second-order valence-electron chi connectivity index (χ2n) is 7.86.